The quantitative estimate of drug-likeness (QED) is 0.542. The Balaban J connectivity index is 1.20. The van der Waals surface area contributed by atoms with Gasteiger partial charge in [0, 0.05) is 57.1 Å². The third-order valence-electron chi connectivity index (χ3n) is 6.28. The second-order valence-electron chi connectivity index (χ2n) is 9.38. The molecule has 2 aliphatic heterocycles. The molecule has 3 heterocycles. The monoisotopic (exact) mass is 408 g/mol. The van der Waals surface area contributed by atoms with E-state index in [4.69, 9.17) is 0 Å². The summed E-state index contributed by atoms with van der Waals surface area (Å²) >= 11 is 0. The molecule has 0 saturated carbocycles. The summed E-state index contributed by atoms with van der Waals surface area (Å²) in [5.74, 6) is 1.04. The van der Waals surface area contributed by atoms with E-state index in [-0.39, 0.29) is 17.2 Å². The molecule has 2 aromatic rings. The Labute approximate surface area is 178 Å². The molecule has 2 amide bonds. The zero-order valence-electron chi connectivity index (χ0n) is 18.1. The number of carbonyl (C=O) groups excluding carboxylic acids is 2. The van der Waals surface area contributed by atoms with E-state index in [1.807, 2.05) is 26.1 Å². The number of unbranched alkanes of at least 4 members (excludes halogenated alkanes) is 1. The van der Waals surface area contributed by atoms with Crippen LogP contribution in [-0.4, -0.2) is 65.9 Å². The van der Waals surface area contributed by atoms with Crippen LogP contribution in [0.1, 0.15) is 39.5 Å². The molecule has 0 spiro atoms. The zero-order chi connectivity index (χ0) is 21.1. The minimum absolute atomic E-state index is 0.00671. The topological polar surface area (TPSA) is 56.8 Å². The molecule has 0 aliphatic carbocycles. The van der Waals surface area contributed by atoms with Gasteiger partial charge in [0.1, 0.15) is 5.82 Å². The summed E-state index contributed by atoms with van der Waals surface area (Å²) in [5.41, 5.74) is -0.190. The predicted molar refractivity (Wildman–Crippen MR) is 119 cm³/mol. The third-order valence-corrected chi connectivity index (χ3v) is 6.28. The molecule has 4 rings (SSSR count). The van der Waals surface area contributed by atoms with E-state index in [9.17, 15) is 9.59 Å². The number of pyridine rings is 1. The molecule has 1 aromatic heterocycles. The van der Waals surface area contributed by atoms with Crippen LogP contribution in [0, 0.1) is 5.41 Å². The maximum Gasteiger partial charge on any atom is 0.229 e. The normalized spacial score (nSPS) is 20.2. The van der Waals surface area contributed by atoms with Gasteiger partial charge in [-0.15, -0.1) is 0 Å². The van der Waals surface area contributed by atoms with E-state index in [0.717, 1.165) is 51.4 Å². The Hall–Kier alpha value is -2.47. The highest BCUT2D eigenvalue weighted by atomic mass is 16.2. The highest BCUT2D eigenvalue weighted by Gasteiger charge is 2.36. The minimum Gasteiger partial charge on any atom is -0.354 e. The number of piperazine rings is 1. The lowest BCUT2D eigenvalue weighted by molar-refractivity contribution is -0.152. The largest absolute Gasteiger partial charge is 0.354 e. The van der Waals surface area contributed by atoms with Crippen molar-refractivity contribution in [3.63, 3.8) is 0 Å². The standard InChI is InChI=1S/C24H32N4O2/c1-24(2)16-22(29)28(23(30)17-24)10-6-5-9-26-11-13-27(14-12-26)21-15-19-7-3-4-8-20(19)18-25-21/h3-4,7-8,15,18H,5-6,9-14,16-17H2,1-2H3. The maximum atomic E-state index is 12.3. The highest BCUT2D eigenvalue weighted by Crippen LogP contribution is 2.31. The number of fused-ring (bicyclic) bond motifs is 1. The first kappa shape index (κ1) is 20.8. The van der Waals surface area contributed by atoms with Crippen molar-refractivity contribution < 1.29 is 9.59 Å². The van der Waals surface area contributed by atoms with Crippen LogP contribution < -0.4 is 4.90 Å². The first-order valence-corrected chi connectivity index (χ1v) is 11.1. The molecule has 0 radical (unpaired) electrons. The van der Waals surface area contributed by atoms with Crippen LogP contribution >= 0.6 is 0 Å². The number of piperidine rings is 1. The SMILES string of the molecule is CC1(C)CC(=O)N(CCCCN2CCN(c3cc4ccccc4cn3)CC2)C(=O)C1. The lowest BCUT2D eigenvalue weighted by atomic mass is 9.82. The summed E-state index contributed by atoms with van der Waals surface area (Å²) < 4.78 is 0. The number of rotatable bonds is 6. The molecule has 0 N–H and O–H groups in total. The van der Waals surface area contributed by atoms with Gasteiger partial charge < -0.3 is 4.90 Å². The summed E-state index contributed by atoms with van der Waals surface area (Å²) in [5, 5.41) is 2.41. The van der Waals surface area contributed by atoms with Crippen molar-refractivity contribution in [2.24, 2.45) is 5.41 Å². The maximum absolute atomic E-state index is 12.3. The average Bonchev–Trinajstić information content (AvgIpc) is 2.72. The second-order valence-corrected chi connectivity index (χ2v) is 9.38. The zero-order valence-corrected chi connectivity index (χ0v) is 18.1. The molecule has 0 unspecified atom stereocenters. The Kier molecular flexibility index (Phi) is 6.04. The van der Waals surface area contributed by atoms with Gasteiger partial charge >= 0.3 is 0 Å². The van der Waals surface area contributed by atoms with Gasteiger partial charge in [-0.1, -0.05) is 38.1 Å². The lowest BCUT2D eigenvalue weighted by Gasteiger charge is -2.36. The van der Waals surface area contributed by atoms with E-state index in [2.05, 4.69) is 39.0 Å². The van der Waals surface area contributed by atoms with E-state index in [0.29, 0.717) is 19.4 Å². The van der Waals surface area contributed by atoms with Crippen LogP contribution in [0.2, 0.25) is 0 Å². The van der Waals surface area contributed by atoms with Gasteiger partial charge in [-0.25, -0.2) is 4.98 Å². The molecule has 6 heteroatoms. The minimum atomic E-state index is -0.190. The summed E-state index contributed by atoms with van der Waals surface area (Å²) in [6.45, 7) is 9.55. The molecular weight excluding hydrogens is 376 g/mol. The van der Waals surface area contributed by atoms with Gasteiger partial charge in [-0.05, 0) is 36.3 Å². The van der Waals surface area contributed by atoms with Crippen LogP contribution in [-0.2, 0) is 9.59 Å². The predicted octanol–water partition coefficient (Wildman–Crippen LogP) is 3.31. The number of hydrogen-bond acceptors (Lipinski definition) is 5. The Bertz CT molecular complexity index is 898. The van der Waals surface area contributed by atoms with Gasteiger partial charge in [0.2, 0.25) is 11.8 Å². The Morgan fingerprint density at radius 1 is 0.900 bits per heavy atom. The molecule has 160 valence electrons. The molecular formula is C24H32N4O2. The summed E-state index contributed by atoms with van der Waals surface area (Å²) in [6, 6.07) is 10.5. The number of amides is 2. The van der Waals surface area contributed by atoms with Crippen molar-refractivity contribution in [2.45, 2.75) is 39.5 Å². The smallest absolute Gasteiger partial charge is 0.229 e. The van der Waals surface area contributed by atoms with Gasteiger partial charge in [0.25, 0.3) is 0 Å². The van der Waals surface area contributed by atoms with Crippen LogP contribution in [0.3, 0.4) is 0 Å². The van der Waals surface area contributed by atoms with Gasteiger partial charge in [0.05, 0.1) is 0 Å². The van der Waals surface area contributed by atoms with E-state index >= 15 is 0 Å². The van der Waals surface area contributed by atoms with E-state index in [1.165, 1.54) is 15.7 Å². The molecule has 1 aromatic carbocycles. The van der Waals surface area contributed by atoms with E-state index in [1.54, 1.807) is 0 Å². The lowest BCUT2D eigenvalue weighted by Crippen LogP contribution is -2.47. The molecule has 6 nitrogen and oxygen atoms in total. The molecule has 2 fully saturated rings. The van der Waals surface area contributed by atoms with Crippen LogP contribution in [0.15, 0.2) is 36.5 Å². The van der Waals surface area contributed by atoms with Crippen LogP contribution in [0.4, 0.5) is 5.82 Å². The molecule has 0 atom stereocenters. The Morgan fingerprint density at radius 2 is 1.53 bits per heavy atom. The molecule has 30 heavy (non-hydrogen) atoms. The van der Waals surface area contributed by atoms with Crippen LogP contribution in [0.5, 0.6) is 0 Å². The molecule has 0 bridgehead atoms. The summed E-state index contributed by atoms with van der Waals surface area (Å²) in [7, 11) is 0. The van der Waals surface area contributed by atoms with E-state index < -0.39 is 0 Å². The van der Waals surface area contributed by atoms with Crippen molar-refractivity contribution in [2.75, 3.05) is 44.2 Å². The summed E-state index contributed by atoms with van der Waals surface area (Å²) in [4.78, 5) is 35.5. The number of hydrogen-bond donors (Lipinski definition) is 0. The second kappa shape index (κ2) is 8.72. The van der Waals surface area contributed by atoms with Crippen LogP contribution in [0.25, 0.3) is 10.8 Å². The number of imide groups is 1. The number of benzene rings is 1. The van der Waals surface area contributed by atoms with Crippen molar-refractivity contribution in [3.05, 3.63) is 36.5 Å². The third kappa shape index (κ3) is 4.81. The van der Waals surface area contributed by atoms with Gasteiger partial charge in [0.15, 0.2) is 0 Å². The molecule has 2 saturated heterocycles. The van der Waals surface area contributed by atoms with Crippen molar-refractivity contribution in [1.29, 1.82) is 0 Å². The van der Waals surface area contributed by atoms with Gasteiger partial charge in [-0.3, -0.25) is 19.4 Å². The number of nitrogens with zero attached hydrogens (tertiary/aromatic N) is 4. The van der Waals surface area contributed by atoms with Crippen molar-refractivity contribution in [1.82, 2.24) is 14.8 Å². The number of carbonyl (C=O) groups is 2. The van der Waals surface area contributed by atoms with Gasteiger partial charge in [-0.2, -0.15) is 0 Å². The fraction of sp³-hybridized carbons (Fsp3) is 0.542. The fourth-order valence-electron chi connectivity index (χ4n) is 4.51. The van der Waals surface area contributed by atoms with Crippen molar-refractivity contribution in [3.8, 4) is 0 Å². The molecule has 2 aliphatic rings. The Morgan fingerprint density at radius 3 is 2.23 bits per heavy atom. The number of likely N-dealkylation sites (tertiary alicyclic amines) is 1. The average molecular weight is 409 g/mol. The first-order chi connectivity index (χ1) is 14.4. The van der Waals surface area contributed by atoms with Crippen molar-refractivity contribution >= 4 is 28.4 Å². The highest BCUT2D eigenvalue weighted by molar-refractivity contribution is 5.98. The first-order valence-electron chi connectivity index (χ1n) is 11.1. The summed E-state index contributed by atoms with van der Waals surface area (Å²) in [6.07, 6.45) is 4.80. The fourth-order valence-corrected chi connectivity index (χ4v) is 4.51. The number of anilines is 1. The number of aromatic nitrogens is 1.